The van der Waals surface area contributed by atoms with Crippen molar-refractivity contribution in [1.82, 2.24) is 0 Å². The zero-order valence-corrected chi connectivity index (χ0v) is 50.7. The van der Waals surface area contributed by atoms with Gasteiger partial charge in [0.2, 0.25) is 0 Å². The normalized spacial score (nSPS) is 14.0. The number of ether oxygens (including phenoxy) is 4. The van der Waals surface area contributed by atoms with Gasteiger partial charge < -0.3 is 45.9 Å². The van der Waals surface area contributed by atoms with Crippen molar-refractivity contribution in [2.45, 2.75) is 129 Å². The molecule has 0 fully saturated rings. The van der Waals surface area contributed by atoms with Crippen LogP contribution in [0.3, 0.4) is 0 Å². The van der Waals surface area contributed by atoms with Gasteiger partial charge in [-0.15, -0.1) is 0 Å². The van der Waals surface area contributed by atoms with E-state index in [4.69, 9.17) is 45.9 Å². The van der Waals surface area contributed by atoms with Gasteiger partial charge in [0.25, 0.3) is 0 Å². The molecule has 2 unspecified atom stereocenters. The first kappa shape index (κ1) is 65.7. The Morgan fingerprint density at radius 3 is 0.829 bits per heavy atom. The van der Waals surface area contributed by atoms with Crippen molar-refractivity contribution >= 4 is 55.7 Å². The number of esters is 4. The predicted octanol–water partition coefficient (Wildman–Crippen LogP) is 12.7. The van der Waals surface area contributed by atoms with Crippen LogP contribution in [-0.2, 0) is 101 Å². The lowest BCUT2D eigenvalue weighted by atomic mass is 10.0. The van der Waals surface area contributed by atoms with E-state index >= 15 is 0 Å². The maximum Gasteiger partial charge on any atom is 0.333 e. The quantitative estimate of drug-likeness (QED) is 0.0225. The minimum atomic E-state index is -3.85. The molecule has 0 aliphatic heterocycles. The number of benzene rings is 4. The average Bonchev–Trinajstić information content (AvgIpc) is 3.39. The van der Waals surface area contributed by atoms with Gasteiger partial charge in [-0.25, -0.2) is 9.59 Å². The van der Waals surface area contributed by atoms with E-state index < -0.39 is 79.7 Å². The summed E-state index contributed by atoms with van der Waals surface area (Å²) in [5.41, 5.74) is 3.22. The molecule has 4 aromatic carbocycles. The second-order valence-electron chi connectivity index (χ2n) is 21.3. The number of carbonyl (C=O) groups is 4. The Kier molecular flexibility index (Phi) is 26.4. The highest BCUT2D eigenvalue weighted by atomic mass is 31.2. The summed E-state index contributed by atoms with van der Waals surface area (Å²) >= 11 is 0. The lowest BCUT2D eigenvalue weighted by Gasteiger charge is -2.39. The molecular weight excluding hydrogens is 1050 g/mol. The maximum absolute atomic E-state index is 14.1. The Bertz CT molecular complexity index is 2220. The molecule has 0 saturated carbocycles. The molecule has 0 aliphatic rings. The summed E-state index contributed by atoms with van der Waals surface area (Å²) in [5.74, 6) is -4.46. The molecule has 4 aromatic rings. The topological polar surface area (TPSA) is 195 Å². The fraction of sp³-hybridized carbons (Fsp3) is 0.500. The second-order valence-corrected chi connectivity index (χ2v) is 35.0. The highest BCUT2D eigenvalue weighted by Gasteiger charge is 2.46. The van der Waals surface area contributed by atoms with E-state index in [9.17, 15) is 28.3 Å². The Morgan fingerprint density at radius 1 is 0.408 bits per heavy atom. The number of hydrogen-bond acceptors (Lipinski definition) is 16. The first-order valence-electron chi connectivity index (χ1n) is 25.2. The summed E-state index contributed by atoms with van der Waals surface area (Å²) < 4.78 is 84.3. The van der Waals surface area contributed by atoms with E-state index in [1.54, 1.807) is 0 Å². The Balaban J connectivity index is 0.000000400. The van der Waals surface area contributed by atoms with Crippen LogP contribution >= 0.6 is 15.2 Å². The monoisotopic (exact) mass is 1130 g/mol. The van der Waals surface area contributed by atoms with Crippen LogP contribution in [0.15, 0.2) is 121 Å². The first-order chi connectivity index (χ1) is 35.6. The lowest BCUT2D eigenvalue weighted by molar-refractivity contribution is -0.154. The second kappa shape index (κ2) is 30.5. The van der Waals surface area contributed by atoms with Crippen LogP contribution in [0, 0.1) is 11.8 Å². The zero-order chi connectivity index (χ0) is 56.8. The summed E-state index contributed by atoms with van der Waals surface area (Å²) in [4.78, 5) is 51.3. The third kappa shape index (κ3) is 22.0. The number of hydrogen-bond donors (Lipinski definition) is 0. The molecule has 0 spiro atoms. The van der Waals surface area contributed by atoms with Crippen molar-refractivity contribution in [2.24, 2.45) is 11.8 Å². The molecule has 0 aliphatic carbocycles. The molecule has 420 valence electrons. The van der Waals surface area contributed by atoms with E-state index in [2.05, 4.69) is 0 Å². The first-order valence-corrected chi connectivity index (χ1v) is 34.5. The molecule has 20 heteroatoms. The highest BCUT2D eigenvalue weighted by Crippen LogP contribution is 2.54. The molecule has 0 N–H and O–H groups in total. The SMILES string of the molecule is COC(=O)C(C[C@@H](O[Si](C)(C)C(C)(C)C)C(=O)OC)CP(=O)(OCc1ccccc1)OCc1ccccc1.COC(=O)C(C[C@H](O[Si](C)(C)C(C)(C)C)C(=O)OC)CP(=O)(OCc1ccccc1)OCc1ccccc1. The summed E-state index contributed by atoms with van der Waals surface area (Å²) in [6.07, 6.45) is -2.82. The van der Waals surface area contributed by atoms with Gasteiger partial charge in [0.15, 0.2) is 16.6 Å². The zero-order valence-electron chi connectivity index (χ0n) is 46.9. The van der Waals surface area contributed by atoms with Crippen LogP contribution in [-0.4, -0.2) is 93.5 Å². The fourth-order valence-corrected chi connectivity index (χ4v) is 13.0. The van der Waals surface area contributed by atoms with E-state index in [-0.39, 0.29) is 61.7 Å². The van der Waals surface area contributed by atoms with Crippen LogP contribution in [0.5, 0.6) is 0 Å². The van der Waals surface area contributed by atoms with Crippen LogP contribution in [0.4, 0.5) is 0 Å². The van der Waals surface area contributed by atoms with Gasteiger partial charge in [-0.3, -0.25) is 18.7 Å². The van der Waals surface area contributed by atoms with E-state index in [1.165, 1.54) is 28.4 Å². The van der Waals surface area contributed by atoms with Crippen LogP contribution < -0.4 is 0 Å². The Labute approximate surface area is 453 Å². The van der Waals surface area contributed by atoms with Crippen molar-refractivity contribution in [1.29, 1.82) is 0 Å². The average molecular weight is 1130 g/mol. The Morgan fingerprint density at radius 2 is 0.632 bits per heavy atom. The smallest absolute Gasteiger partial charge is 0.333 e. The molecule has 16 nitrogen and oxygen atoms in total. The van der Waals surface area contributed by atoms with Gasteiger partial charge in [-0.05, 0) is 71.4 Å². The minimum Gasteiger partial charge on any atom is -0.469 e. The standard InChI is InChI=1S/2C28H41O8PSi/c2*1-28(2,3)38(6,7)36-25(27(30)33-5)18-24(26(29)32-4)21-37(31,34-19-22-14-10-8-11-15-22)35-20-23-16-12-9-13-17-23/h2*8-17,24-25H,18-21H2,1-7H3/t2*24?,25-/m10/s1. The fourth-order valence-electron chi connectivity index (χ4n) is 6.87. The van der Waals surface area contributed by atoms with Crippen molar-refractivity contribution < 1.29 is 74.2 Å². The minimum absolute atomic E-state index is 0.0295. The summed E-state index contributed by atoms with van der Waals surface area (Å²) in [6, 6.07) is 37.1. The van der Waals surface area contributed by atoms with Crippen molar-refractivity contribution in [2.75, 3.05) is 40.8 Å². The van der Waals surface area contributed by atoms with Crippen molar-refractivity contribution in [3.63, 3.8) is 0 Å². The van der Waals surface area contributed by atoms with E-state index in [1.807, 2.05) is 189 Å². The number of methoxy groups -OCH3 is 4. The van der Waals surface area contributed by atoms with Crippen LogP contribution in [0.2, 0.25) is 36.3 Å². The number of rotatable bonds is 28. The van der Waals surface area contributed by atoms with Gasteiger partial charge >= 0.3 is 39.1 Å². The van der Waals surface area contributed by atoms with E-state index in [0.29, 0.717) is 0 Å². The lowest BCUT2D eigenvalue weighted by Crippen LogP contribution is -2.47. The molecule has 0 heterocycles. The third-order valence-corrected chi connectivity index (χ3v) is 26.3. The van der Waals surface area contributed by atoms with Gasteiger partial charge in [0.1, 0.15) is 12.2 Å². The molecule has 0 aromatic heterocycles. The maximum atomic E-state index is 14.1. The van der Waals surface area contributed by atoms with Crippen molar-refractivity contribution in [3.05, 3.63) is 144 Å². The summed E-state index contributed by atoms with van der Waals surface area (Å²) in [5, 5.41) is -0.375. The molecule has 0 radical (unpaired) electrons. The van der Waals surface area contributed by atoms with Gasteiger partial charge in [-0.1, -0.05) is 163 Å². The van der Waals surface area contributed by atoms with Gasteiger partial charge in [0.05, 0.1) is 79.0 Å². The van der Waals surface area contributed by atoms with Crippen molar-refractivity contribution in [3.8, 4) is 0 Å². The summed E-state index contributed by atoms with van der Waals surface area (Å²) in [6.45, 7) is 20.4. The van der Waals surface area contributed by atoms with Gasteiger partial charge in [-0.2, -0.15) is 0 Å². The number of carbonyl (C=O) groups excluding carboxylic acids is 4. The molecule has 4 atom stereocenters. The molecule has 0 amide bonds. The molecule has 4 rings (SSSR count). The Hall–Kier alpha value is -4.59. The van der Waals surface area contributed by atoms with Gasteiger partial charge in [0, 0.05) is 0 Å². The molecule has 0 saturated heterocycles. The van der Waals surface area contributed by atoms with Crippen LogP contribution in [0.25, 0.3) is 0 Å². The third-order valence-electron chi connectivity index (χ3n) is 13.5. The predicted molar refractivity (Wildman–Crippen MR) is 298 cm³/mol. The molecular formula is C56H82O16P2Si2. The van der Waals surface area contributed by atoms with E-state index in [0.717, 1.165) is 22.3 Å². The molecule has 76 heavy (non-hydrogen) atoms. The van der Waals surface area contributed by atoms with Crippen LogP contribution in [0.1, 0.15) is 76.6 Å². The highest BCUT2D eigenvalue weighted by molar-refractivity contribution is 7.54. The molecule has 0 bridgehead atoms. The largest absolute Gasteiger partial charge is 0.469 e. The summed E-state index contributed by atoms with van der Waals surface area (Å²) in [7, 11) is -7.50.